The van der Waals surface area contributed by atoms with E-state index in [2.05, 4.69) is 19.1 Å². The summed E-state index contributed by atoms with van der Waals surface area (Å²) in [7, 11) is 0. The molecule has 168 valence electrons. The zero-order valence-electron chi connectivity index (χ0n) is 18.5. The molecule has 7 nitrogen and oxygen atoms in total. The summed E-state index contributed by atoms with van der Waals surface area (Å²) in [5.74, 6) is -4.84. The van der Waals surface area contributed by atoms with E-state index in [-0.39, 0.29) is 24.1 Å². The van der Waals surface area contributed by atoms with Gasteiger partial charge in [-0.1, -0.05) is 25.5 Å². The molecule has 0 radical (unpaired) electrons. The van der Waals surface area contributed by atoms with E-state index in [0.29, 0.717) is 6.54 Å². The molecule has 0 spiro atoms. The minimum Gasteiger partial charge on any atom is -0.481 e. The highest BCUT2D eigenvalue weighted by atomic mass is 16.4. The quantitative estimate of drug-likeness (QED) is 0.189. The molecule has 0 heterocycles. The Morgan fingerprint density at radius 1 is 0.724 bits per heavy atom. The normalized spacial score (nSPS) is 16.8. The van der Waals surface area contributed by atoms with Gasteiger partial charge in [0.05, 0.1) is 26.2 Å². The Kier molecular flexibility index (Phi) is 13.2. The fourth-order valence-corrected chi connectivity index (χ4v) is 3.82. The second-order valence-corrected chi connectivity index (χ2v) is 8.41. The van der Waals surface area contributed by atoms with Crippen LogP contribution in [0, 0.1) is 17.8 Å². The van der Waals surface area contributed by atoms with Gasteiger partial charge in [0.15, 0.2) is 0 Å². The number of unbranched alkanes of at least 4 members (excludes halogenated alkanes) is 4. The van der Waals surface area contributed by atoms with E-state index < -0.39 is 35.7 Å². The summed E-state index contributed by atoms with van der Waals surface area (Å²) in [5, 5.41) is 28.2. The van der Waals surface area contributed by atoms with Gasteiger partial charge in [-0.2, -0.15) is 0 Å². The van der Waals surface area contributed by atoms with Crippen molar-refractivity contribution in [1.82, 2.24) is 0 Å². The van der Waals surface area contributed by atoms with Crippen molar-refractivity contribution in [2.75, 3.05) is 26.2 Å². The van der Waals surface area contributed by atoms with Gasteiger partial charge in [0.25, 0.3) is 0 Å². The molecule has 3 atom stereocenters. The molecule has 0 saturated heterocycles. The fraction of sp³-hybridized carbons (Fsp3) is 0.773. The van der Waals surface area contributed by atoms with Crippen LogP contribution in [0.5, 0.6) is 0 Å². The summed E-state index contributed by atoms with van der Waals surface area (Å²) < 4.78 is 0.212. The molecule has 0 aliphatic carbocycles. The van der Waals surface area contributed by atoms with Crippen LogP contribution in [-0.2, 0) is 14.4 Å². The Balaban J connectivity index is 5.24. The maximum Gasteiger partial charge on any atom is 0.311 e. The zero-order chi connectivity index (χ0) is 22.4. The van der Waals surface area contributed by atoms with Crippen molar-refractivity contribution in [2.45, 2.75) is 66.2 Å². The van der Waals surface area contributed by atoms with Gasteiger partial charge < -0.3 is 19.8 Å². The van der Waals surface area contributed by atoms with E-state index in [1.807, 2.05) is 0 Å². The van der Waals surface area contributed by atoms with E-state index in [9.17, 15) is 29.7 Å². The van der Waals surface area contributed by atoms with Crippen LogP contribution < -0.4 is 0 Å². The Bertz CT molecular complexity index is 490. The number of nitrogens with zero attached hydrogens (tertiary/aromatic N) is 1. The SMILES string of the molecule is CC/C=C/CCCCCC[N+](CC(C)C(=O)O)(CC(C)C(=O)O)CC(C)C(=O)O. The lowest BCUT2D eigenvalue weighted by molar-refractivity contribution is -0.934. The molecule has 0 amide bonds. The second-order valence-electron chi connectivity index (χ2n) is 8.41. The number of quaternary nitrogens is 1. The van der Waals surface area contributed by atoms with Gasteiger partial charge in [-0.05, 0) is 52.9 Å². The Hall–Kier alpha value is -1.89. The lowest BCUT2D eigenvalue weighted by Gasteiger charge is -2.42. The predicted octanol–water partition coefficient (Wildman–Crippen LogP) is 3.88. The molecule has 0 aromatic carbocycles. The Morgan fingerprint density at radius 3 is 1.52 bits per heavy atom. The number of carboxylic acid groups (broad SMARTS) is 3. The zero-order valence-corrected chi connectivity index (χ0v) is 18.5. The van der Waals surface area contributed by atoms with Crippen LogP contribution in [-0.4, -0.2) is 63.9 Å². The number of carbonyl (C=O) groups is 3. The monoisotopic (exact) mass is 414 g/mol. The van der Waals surface area contributed by atoms with Gasteiger partial charge in [0.2, 0.25) is 0 Å². The van der Waals surface area contributed by atoms with Crippen molar-refractivity contribution >= 4 is 17.9 Å². The molecule has 29 heavy (non-hydrogen) atoms. The standard InChI is InChI=1S/C22H39NO6/c1-5-6-7-8-9-10-11-12-13-23(14-17(2)20(24)25,15-18(3)21(26)27)16-19(4)22(28)29/h6-7,17-19H,5,8-16H2,1-4H3,(H2-,24,25,26,27,28,29)/p+1/b7-6+. The summed E-state index contributed by atoms with van der Waals surface area (Å²) >= 11 is 0. The molecular weight excluding hydrogens is 374 g/mol. The van der Waals surface area contributed by atoms with E-state index >= 15 is 0 Å². The van der Waals surface area contributed by atoms with Gasteiger partial charge in [0, 0.05) is 0 Å². The van der Waals surface area contributed by atoms with Gasteiger partial charge >= 0.3 is 17.9 Å². The first-order valence-corrected chi connectivity index (χ1v) is 10.7. The summed E-state index contributed by atoms with van der Waals surface area (Å²) in [4.78, 5) is 34.4. The van der Waals surface area contributed by atoms with Gasteiger partial charge in [-0.25, -0.2) is 0 Å². The lowest BCUT2D eigenvalue weighted by atomic mass is 10.0. The maximum absolute atomic E-state index is 11.5. The molecule has 7 heteroatoms. The fourth-order valence-electron chi connectivity index (χ4n) is 3.82. The third-order valence-electron chi connectivity index (χ3n) is 5.40. The van der Waals surface area contributed by atoms with Crippen LogP contribution in [0.15, 0.2) is 12.2 Å². The van der Waals surface area contributed by atoms with Gasteiger partial charge in [-0.3, -0.25) is 14.4 Å². The average molecular weight is 415 g/mol. The number of carboxylic acids is 3. The first-order valence-electron chi connectivity index (χ1n) is 10.7. The molecule has 0 aromatic heterocycles. The minimum absolute atomic E-state index is 0.212. The lowest BCUT2D eigenvalue weighted by Crippen LogP contribution is -2.57. The van der Waals surface area contributed by atoms with Crippen molar-refractivity contribution in [1.29, 1.82) is 0 Å². The van der Waals surface area contributed by atoms with Crippen molar-refractivity contribution in [3.05, 3.63) is 12.2 Å². The largest absolute Gasteiger partial charge is 0.481 e. The third-order valence-corrected chi connectivity index (χ3v) is 5.40. The van der Waals surface area contributed by atoms with Crippen LogP contribution in [0.1, 0.15) is 66.2 Å². The average Bonchev–Trinajstić information content (AvgIpc) is 2.63. The van der Waals surface area contributed by atoms with E-state index in [0.717, 1.165) is 38.5 Å². The first kappa shape index (κ1) is 27.1. The van der Waals surface area contributed by atoms with Crippen LogP contribution in [0.3, 0.4) is 0 Å². The van der Waals surface area contributed by atoms with E-state index in [1.165, 1.54) is 0 Å². The Morgan fingerprint density at radius 2 is 1.14 bits per heavy atom. The number of hydrogen-bond acceptors (Lipinski definition) is 3. The minimum atomic E-state index is -0.943. The van der Waals surface area contributed by atoms with Crippen molar-refractivity contribution < 1.29 is 34.2 Å². The highest BCUT2D eigenvalue weighted by Crippen LogP contribution is 2.22. The molecular formula is C22H40NO6+. The summed E-state index contributed by atoms with van der Waals surface area (Å²) in [6.07, 6.45) is 10.3. The van der Waals surface area contributed by atoms with Crippen LogP contribution in [0.4, 0.5) is 0 Å². The number of hydrogen-bond donors (Lipinski definition) is 3. The smallest absolute Gasteiger partial charge is 0.311 e. The number of allylic oxidation sites excluding steroid dienone is 2. The molecule has 3 N–H and O–H groups in total. The van der Waals surface area contributed by atoms with Crippen molar-refractivity contribution in [3.63, 3.8) is 0 Å². The molecule has 0 aliphatic rings. The van der Waals surface area contributed by atoms with E-state index in [1.54, 1.807) is 20.8 Å². The van der Waals surface area contributed by atoms with Gasteiger partial charge in [-0.15, -0.1) is 0 Å². The highest BCUT2D eigenvalue weighted by molar-refractivity contribution is 5.70. The van der Waals surface area contributed by atoms with Gasteiger partial charge in [0.1, 0.15) is 17.8 Å². The van der Waals surface area contributed by atoms with Crippen LogP contribution >= 0.6 is 0 Å². The maximum atomic E-state index is 11.5. The summed E-state index contributed by atoms with van der Waals surface area (Å²) in [6.45, 7) is 8.22. The summed E-state index contributed by atoms with van der Waals surface area (Å²) in [6, 6.07) is 0. The molecule has 0 rings (SSSR count). The topological polar surface area (TPSA) is 112 Å². The molecule has 0 fully saturated rings. The third kappa shape index (κ3) is 11.6. The van der Waals surface area contributed by atoms with Crippen molar-refractivity contribution in [3.8, 4) is 0 Å². The summed E-state index contributed by atoms with van der Waals surface area (Å²) in [5.41, 5.74) is 0. The molecule has 3 unspecified atom stereocenters. The van der Waals surface area contributed by atoms with Crippen LogP contribution in [0.25, 0.3) is 0 Å². The number of rotatable bonds is 17. The molecule has 0 saturated carbocycles. The molecule has 0 aromatic rings. The first-order chi connectivity index (χ1) is 13.5. The molecule has 0 bridgehead atoms. The Labute approximate surface area is 175 Å². The predicted molar refractivity (Wildman–Crippen MR) is 113 cm³/mol. The van der Waals surface area contributed by atoms with E-state index in [4.69, 9.17) is 0 Å². The number of aliphatic carboxylic acids is 3. The second kappa shape index (κ2) is 14.1. The molecule has 0 aliphatic heterocycles. The van der Waals surface area contributed by atoms with Crippen LogP contribution in [0.2, 0.25) is 0 Å². The highest BCUT2D eigenvalue weighted by Gasteiger charge is 2.38. The van der Waals surface area contributed by atoms with Crippen molar-refractivity contribution in [2.24, 2.45) is 17.8 Å².